The molecule has 0 spiro atoms. The van der Waals surface area contributed by atoms with Crippen molar-refractivity contribution in [2.45, 2.75) is 12.8 Å². The summed E-state index contributed by atoms with van der Waals surface area (Å²) in [5, 5.41) is 0. The first-order valence-corrected chi connectivity index (χ1v) is 9.43. The van der Waals surface area contributed by atoms with E-state index in [1.807, 2.05) is 18.2 Å². The Morgan fingerprint density at radius 2 is 1.62 bits per heavy atom. The molecule has 2 aromatic carbocycles. The number of ether oxygens (including phenoxy) is 3. The molecule has 1 aliphatic heterocycles. The second-order valence-corrected chi connectivity index (χ2v) is 6.67. The summed E-state index contributed by atoms with van der Waals surface area (Å²) in [6.07, 6.45) is 1.08. The molecule has 0 aromatic heterocycles. The number of hydrogen-bond donors (Lipinski definition) is 0. The normalized spacial score (nSPS) is 14.2. The molecule has 3 rings (SSSR count). The van der Waals surface area contributed by atoms with Crippen molar-refractivity contribution in [1.82, 2.24) is 4.90 Å². The van der Waals surface area contributed by atoms with Gasteiger partial charge in [-0.15, -0.1) is 0 Å². The molecule has 0 saturated carbocycles. The third-order valence-electron chi connectivity index (χ3n) is 4.79. The Morgan fingerprint density at radius 1 is 0.966 bits per heavy atom. The molecule has 1 fully saturated rings. The van der Waals surface area contributed by atoms with E-state index in [2.05, 4.69) is 0 Å². The molecule has 0 N–H and O–H groups in total. The molecule has 0 unspecified atom stereocenters. The molecule has 1 heterocycles. The van der Waals surface area contributed by atoms with Gasteiger partial charge >= 0.3 is 11.9 Å². The summed E-state index contributed by atoms with van der Waals surface area (Å²) in [7, 11) is 1.36. The topological polar surface area (TPSA) is 82.1 Å². The van der Waals surface area contributed by atoms with Crippen LogP contribution in [0.5, 0.6) is 11.5 Å². The predicted octanol–water partition coefficient (Wildman–Crippen LogP) is 3.05. The number of nitrogens with zero attached hydrogens (tertiary/aromatic N) is 1. The predicted molar refractivity (Wildman–Crippen MR) is 105 cm³/mol. The monoisotopic (exact) mass is 397 g/mol. The lowest BCUT2D eigenvalue weighted by atomic mass is 9.97. The van der Waals surface area contributed by atoms with Crippen molar-refractivity contribution in [3.05, 3.63) is 60.2 Å². The smallest absolute Gasteiger partial charge is 0.342 e. The van der Waals surface area contributed by atoms with Gasteiger partial charge in [-0.2, -0.15) is 0 Å². The number of para-hydroxylation sites is 2. The van der Waals surface area contributed by atoms with Gasteiger partial charge in [0.05, 0.1) is 13.0 Å². The van der Waals surface area contributed by atoms with E-state index >= 15 is 0 Å². The Morgan fingerprint density at radius 3 is 2.31 bits per heavy atom. The first-order chi connectivity index (χ1) is 14.1. The number of likely N-dealkylation sites (tertiary alicyclic amines) is 1. The highest BCUT2D eigenvalue weighted by Crippen LogP contribution is 2.25. The Bertz CT molecular complexity index is 859. The van der Waals surface area contributed by atoms with E-state index in [9.17, 15) is 14.4 Å². The van der Waals surface area contributed by atoms with E-state index in [1.165, 1.54) is 7.11 Å². The van der Waals surface area contributed by atoms with Gasteiger partial charge in [0.1, 0.15) is 17.1 Å². The first kappa shape index (κ1) is 20.4. The van der Waals surface area contributed by atoms with Crippen LogP contribution in [0.25, 0.3) is 0 Å². The SMILES string of the molecule is COC(=O)C1CCN(C(=O)COC(=O)c2ccccc2Oc2ccccc2)CC1. The average Bonchev–Trinajstić information content (AvgIpc) is 2.78. The van der Waals surface area contributed by atoms with Crippen LogP contribution in [0.3, 0.4) is 0 Å². The van der Waals surface area contributed by atoms with Gasteiger partial charge < -0.3 is 19.1 Å². The summed E-state index contributed by atoms with van der Waals surface area (Å²) in [6.45, 7) is 0.509. The van der Waals surface area contributed by atoms with Gasteiger partial charge in [-0.05, 0) is 37.1 Å². The minimum Gasteiger partial charge on any atom is -0.469 e. The van der Waals surface area contributed by atoms with Gasteiger partial charge in [0.2, 0.25) is 0 Å². The van der Waals surface area contributed by atoms with E-state index in [0.717, 1.165) is 0 Å². The molecule has 0 bridgehead atoms. The average molecular weight is 397 g/mol. The number of amides is 1. The van der Waals surface area contributed by atoms with Crippen LogP contribution < -0.4 is 4.74 Å². The fraction of sp³-hybridized carbons (Fsp3) is 0.318. The highest BCUT2D eigenvalue weighted by molar-refractivity contribution is 5.94. The standard InChI is InChI=1S/C22H23NO6/c1-27-21(25)16-11-13-23(14-12-16)20(24)15-28-22(26)18-9-5-6-10-19(18)29-17-7-3-2-4-8-17/h2-10,16H,11-15H2,1H3. The van der Waals surface area contributed by atoms with E-state index in [0.29, 0.717) is 37.4 Å². The molecule has 152 valence electrons. The lowest BCUT2D eigenvalue weighted by Gasteiger charge is -2.30. The lowest BCUT2D eigenvalue weighted by molar-refractivity contribution is -0.149. The maximum Gasteiger partial charge on any atom is 0.342 e. The lowest BCUT2D eigenvalue weighted by Crippen LogP contribution is -2.42. The van der Waals surface area contributed by atoms with Crippen molar-refractivity contribution >= 4 is 17.8 Å². The van der Waals surface area contributed by atoms with Gasteiger partial charge in [0.25, 0.3) is 5.91 Å². The van der Waals surface area contributed by atoms with Crippen molar-refractivity contribution < 1.29 is 28.6 Å². The number of esters is 2. The van der Waals surface area contributed by atoms with Crippen LogP contribution in [0.4, 0.5) is 0 Å². The zero-order chi connectivity index (χ0) is 20.6. The summed E-state index contributed by atoms with van der Waals surface area (Å²) in [5.74, 6) is -0.406. The third kappa shape index (κ3) is 5.34. The van der Waals surface area contributed by atoms with Gasteiger partial charge in [-0.25, -0.2) is 4.79 Å². The van der Waals surface area contributed by atoms with Crippen LogP contribution in [-0.4, -0.2) is 49.6 Å². The summed E-state index contributed by atoms with van der Waals surface area (Å²) in [6, 6.07) is 15.8. The Hall–Kier alpha value is -3.35. The molecule has 29 heavy (non-hydrogen) atoms. The van der Waals surface area contributed by atoms with Crippen LogP contribution >= 0.6 is 0 Å². The van der Waals surface area contributed by atoms with Gasteiger partial charge in [0, 0.05) is 13.1 Å². The molecule has 2 aromatic rings. The number of rotatable bonds is 6. The van der Waals surface area contributed by atoms with E-state index in [4.69, 9.17) is 14.2 Å². The molecule has 0 radical (unpaired) electrons. The highest BCUT2D eigenvalue weighted by Gasteiger charge is 2.28. The largest absolute Gasteiger partial charge is 0.469 e. The van der Waals surface area contributed by atoms with E-state index < -0.39 is 5.97 Å². The second kappa shape index (κ2) is 9.73. The Labute approximate surface area is 169 Å². The van der Waals surface area contributed by atoms with E-state index in [-0.39, 0.29) is 30.0 Å². The van der Waals surface area contributed by atoms with Crippen LogP contribution in [0.1, 0.15) is 23.2 Å². The fourth-order valence-electron chi connectivity index (χ4n) is 3.17. The number of methoxy groups -OCH3 is 1. The number of piperidine rings is 1. The van der Waals surface area contributed by atoms with Gasteiger partial charge in [0.15, 0.2) is 6.61 Å². The van der Waals surface area contributed by atoms with Crippen molar-refractivity contribution in [3.63, 3.8) is 0 Å². The molecule has 0 aliphatic carbocycles. The maximum atomic E-state index is 12.5. The zero-order valence-electron chi connectivity index (χ0n) is 16.2. The molecule has 1 amide bonds. The van der Waals surface area contributed by atoms with Gasteiger partial charge in [-0.1, -0.05) is 30.3 Å². The fourth-order valence-corrected chi connectivity index (χ4v) is 3.17. The molecular formula is C22H23NO6. The second-order valence-electron chi connectivity index (χ2n) is 6.67. The third-order valence-corrected chi connectivity index (χ3v) is 4.79. The molecule has 7 heteroatoms. The van der Waals surface area contributed by atoms with E-state index in [1.54, 1.807) is 41.3 Å². The number of carbonyl (C=O) groups excluding carboxylic acids is 3. The minimum atomic E-state index is -0.630. The summed E-state index contributed by atoms with van der Waals surface area (Å²) in [4.78, 5) is 38.0. The highest BCUT2D eigenvalue weighted by atomic mass is 16.5. The maximum absolute atomic E-state index is 12.5. The van der Waals surface area contributed by atoms with Crippen LogP contribution in [0.2, 0.25) is 0 Å². The summed E-state index contributed by atoms with van der Waals surface area (Å²) in [5.41, 5.74) is 0.244. The summed E-state index contributed by atoms with van der Waals surface area (Å²) < 4.78 is 15.7. The summed E-state index contributed by atoms with van der Waals surface area (Å²) >= 11 is 0. The van der Waals surface area contributed by atoms with Gasteiger partial charge in [-0.3, -0.25) is 9.59 Å². The number of benzene rings is 2. The Balaban J connectivity index is 1.55. The first-order valence-electron chi connectivity index (χ1n) is 9.43. The zero-order valence-corrected chi connectivity index (χ0v) is 16.2. The van der Waals surface area contributed by atoms with Crippen molar-refractivity contribution in [2.75, 3.05) is 26.8 Å². The molecule has 0 atom stereocenters. The quantitative estimate of drug-likeness (QED) is 0.697. The van der Waals surface area contributed by atoms with Crippen LogP contribution in [-0.2, 0) is 19.1 Å². The molecule has 1 saturated heterocycles. The molecular weight excluding hydrogens is 374 g/mol. The molecule has 1 aliphatic rings. The van der Waals surface area contributed by atoms with Crippen molar-refractivity contribution in [1.29, 1.82) is 0 Å². The minimum absolute atomic E-state index is 0.186. The van der Waals surface area contributed by atoms with Crippen molar-refractivity contribution in [3.8, 4) is 11.5 Å². The molecule has 7 nitrogen and oxygen atoms in total. The van der Waals surface area contributed by atoms with Crippen LogP contribution in [0, 0.1) is 5.92 Å². The van der Waals surface area contributed by atoms with Crippen molar-refractivity contribution in [2.24, 2.45) is 5.92 Å². The Kier molecular flexibility index (Phi) is 6.84. The number of hydrogen-bond acceptors (Lipinski definition) is 6. The van der Waals surface area contributed by atoms with Crippen LogP contribution in [0.15, 0.2) is 54.6 Å². The number of carbonyl (C=O) groups is 3.